The van der Waals surface area contributed by atoms with Gasteiger partial charge in [0.1, 0.15) is 6.61 Å². The molecule has 0 aliphatic carbocycles. The Bertz CT molecular complexity index is 201. The molecule has 0 fully saturated rings. The van der Waals surface area contributed by atoms with E-state index in [1.165, 1.54) is 0 Å². The van der Waals surface area contributed by atoms with Crippen molar-refractivity contribution in [2.45, 2.75) is 32.1 Å². The fourth-order valence-corrected chi connectivity index (χ4v) is 0.970. The van der Waals surface area contributed by atoms with Crippen LogP contribution in [0.1, 0.15) is 26.2 Å². The third kappa shape index (κ3) is 8.55. The minimum absolute atomic E-state index is 0.176. The minimum Gasteiger partial charge on any atom is -0.372 e. The molecule has 0 saturated carbocycles. The van der Waals surface area contributed by atoms with Gasteiger partial charge in [-0.2, -0.15) is 0 Å². The van der Waals surface area contributed by atoms with Crippen LogP contribution < -0.4 is 11.1 Å². The number of rotatable bonds is 9. The highest BCUT2D eigenvalue weighted by atomic mass is 19.3. The van der Waals surface area contributed by atoms with Crippen molar-refractivity contribution in [1.82, 2.24) is 5.32 Å². The summed E-state index contributed by atoms with van der Waals surface area (Å²) in [6.07, 6.45) is 2.98. The number of carbonyl (C=O) groups excluding carboxylic acids is 1. The summed E-state index contributed by atoms with van der Waals surface area (Å²) in [6.45, 7) is 0.853. The van der Waals surface area contributed by atoms with Crippen molar-refractivity contribution in [2.24, 2.45) is 5.73 Å². The molecule has 3 N–H and O–H groups in total. The number of amides is 1. The number of nitrogens with two attached hydrogens (primary N) is 1. The van der Waals surface area contributed by atoms with E-state index in [0.29, 0.717) is 6.61 Å². The molecule has 0 unspecified atom stereocenters. The third-order valence-electron chi connectivity index (χ3n) is 1.97. The van der Waals surface area contributed by atoms with Crippen LogP contribution in [0.5, 0.6) is 0 Å². The lowest BCUT2D eigenvalue weighted by Gasteiger charge is -2.14. The van der Waals surface area contributed by atoms with Gasteiger partial charge in [0.25, 0.3) is 5.92 Å². The molecule has 0 aromatic carbocycles. The van der Waals surface area contributed by atoms with Gasteiger partial charge in [-0.05, 0) is 6.42 Å². The molecule has 0 aromatic rings. The molecule has 0 radical (unpaired) electrons. The fraction of sp³-hybridized carbons (Fsp3) is 0.900. The SMILES string of the molecule is CCCCCOCC(=O)NCC(F)(F)CN. The Morgan fingerprint density at radius 1 is 1.44 bits per heavy atom. The minimum atomic E-state index is -3.04. The van der Waals surface area contributed by atoms with Crippen molar-refractivity contribution in [3.63, 3.8) is 0 Å². The quantitative estimate of drug-likeness (QED) is 0.587. The molecule has 96 valence electrons. The average Bonchev–Trinajstić information content (AvgIpc) is 2.26. The smallest absolute Gasteiger partial charge is 0.277 e. The molecule has 4 nitrogen and oxygen atoms in total. The van der Waals surface area contributed by atoms with Crippen LogP contribution in [0.25, 0.3) is 0 Å². The predicted octanol–water partition coefficient (Wildman–Crippen LogP) is 0.903. The number of alkyl halides is 2. The zero-order valence-electron chi connectivity index (χ0n) is 9.60. The van der Waals surface area contributed by atoms with Gasteiger partial charge in [-0.15, -0.1) is 0 Å². The molecule has 0 bridgehead atoms. The molecule has 16 heavy (non-hydrogen) atoms. The first-order valence-corrected chi connectivity index (χ1v) is 5.44. The summed E-state index contributed by atoms with van der Waals surface area (Å²) in [5.41, 5.74) is 4.81. The van der Waals surface area contributed by atoms with E-state index < -0.39 is 24.9 Å². The Balaban J connectivity index is 3.45. The Labute approximate surface area is 94.5 Å². The maximum absolute atomic E-state index is 12.6. The van der Waals surface area contributed by atoms with Gasteiger partial charge in [0, 0.05) is 6.61 Å². The van der Waals surface area contributed by atoms with Crippen molar-refractivity contribution in [3.05, 3.63) is 0 Å². The first-order valence-electron chi connectivity index (χ1n) is 5.44. The van der Waals surface area contributed by atoms with Gasteiger partial charge >= 0.3 is 0 Å². The summed E-state index contributed by atoms with van der Waals surface area (Å²) in [5, 5.41) is 2.07. The van der Waals surface area contributed by atoms with Gasteiger partial charge in [0.2, 0.25) is 5.91 Å². The fourth-order valence-electron chi connectivity index (χ4n) is 0.970. The number of nitrogens with one attached hydrogen (secondary N) is 1. The number of hydrogen-bond donors (Lipinski definition) is 2. The van der Waals surface area contributed by atoms with Gasteiger partial charge in [-0.25, -0.2) is 8.78 Å². The number of carbonyl (C=O) groups is 1. The van der Waals surface area contributed by atoms with Crippen LogP contribution in [0, 0.1) is 0 Å². The second-order valence-corrected chi connectivity index (χ2v) is 3.60. The van der Waals surface area contributed by atoms with E-state index in [9.17, 15) is 13.6 Å². The van der Waals surface area contributed by atoms with Crippen LogP contribution in [0.15, 0.2) is 0 Å². The highest BCUT2D eigenvalue weighted by Crippen LogP contribution is 2.08. The Morgan fingerprint density at radius 2 is 2.12 bits per heavy atom. The molecule has 0 aliphatic rings. The largest absolute Gasteiger partial charge is 0.372 e. The highest BCUT2D eigenvalue weighted by molar-refractivity contribution is 5.77. The molecule has 0 aromatic heterocycles. The molecule has 0 saturated heterocycles. The van der Waals surface area contributed by atoms with Crippen molar-refractivity contribution in [3.8, 4) is 0 Å². The van der Waals surface area contributed by atoms with Crippen molar-refractivity contribution < 1.29 is 18.3 Å². The summed E-state index contributed by atoms with van der Waals surface area (Å²) < 4.78 is 30.3. The summed E-state index contributed by atoms with van der Waals surface area (Å²) >= 11 is 0. The molecule has 0 atom stereocenters. The standard InChI is InChI=1S/C10H20F2N2O2/c1-2-3-4-5-16-6-9(15)14-8-10(11,12)7-13/h2-8,13H2,1H3,(H,14,15). The molecular formula is C10H20F2N2O2. The lowest BCUT2D eigenvalue weighted by Crippen LogP contribution is -2.42. The zero-order chi connectivity index (χ0) is 12.4. The Kier molecular flexibility index (Phi) is 8.01. The second kappa shape index (κ2) is 8.41. The van der Waals surface area contributed by atoms with Gasteiger partial charge in [0.15, 0.2) is 0 Å². The molecule has 1 amide bonds. The Morgan fingerprint density at radius 3 is 2.69 bits per heavy atom. The number of unbranched alkanes of at least 4 members (excludes halogenated alkanes) is 2. The molecule has 0 heterocycles. The maximum atomic E-state index is 12.6. The van der Waals surface area contributed by atoms with Crippen molar-refractivity contribution in [1.29, 1.82) is 0 Å². The molecule has 6 heteroatoms. The summed E-state index contributed by atoms with van der Waals surface area (Å²) in [6, 6.07) is 0. The van der Waals surface area contributed by atoms with E-state index in [-0.39, 0.29) is 6.61 Å². The van der Waals surface area contributed by atoms with Crippen molar-refractivity contribution >= 4 is 5.91 Å². The van der Waals surface area contributed by atoms with E-state index in [1.807, 2.05) is 0 Å². The molecular weight excluding hydrogens is 218 g/mol. The van der Waals surface area contributed by atoms with Gasteiger partial charge in [-0.1, -0.05) is 19.8 Å². The van der Waals surface area contributed by atoms with Crippen LogP contribution >= 0.6 is 0 Å². The first-order chi connectivity index (χ1) is 7.52. The van der Waals surface area contributed by atoms with E-state index in [1.54, 1.807) is 0 Å². The highest BCUT2D eigenvalue weighted by Gasteiger charge is 2.26. The molecule has 0 spiro atoms. The van der Waals surface area contributed by atoms with Crippen LogP contribution in [0.3, 0.4) is 0 Å². The van der Waals surface area contributed by atoms with Crippen LogP contribution in [0.2, 0.25) is 0 Å². The maximum Gasteiger partial charge on any atom is 0.277 e. The summed E-state index contributed by atoms with van der Waals surface area (Å²) in [4.78, 5) is 11.0. The van der Waals surface area contributed by atoms with Crippen LogP contribution in [-0.2, 0) is 9.53 Å². The van der Waals surface area contributed by atoms with Gasteiger partial charge in [-0.3, -0.25) is 4.79 Å². The lowest BCUT2D eigenvalue weighted by molar-refractivity contribution is -0.127. The Hall–Kier alpha value is -0.750. The van der Waals surface area contributed by atoms with Crippen LogP contribution in [-0.4, -0.2) is 38.1 Å². The number of ether oxygens (including phenoxy) is 1. The van der Waals surface area contributed by atoms with Crippen LogP contribution in [0.4, 0.5) is 8.78 Å². The summed E-state index contributed by atoms with van der Waals surface area (Å²) in [7, 11) is 0. The van der Waals surface area contributed by atoms with E-state index in [0.717, 1.165) is 19.3 Å². The number of halogens is 2. The monoisotopic (exact) mass is 238 g/mol. The molecule has 0 aliphatic heterocycles. The van der Waals surface area contributed by atoms with Gasteiger partial charge < -0.3 is 15.8 Å². The average molecular weight is 238 g/mol. The number of hydrogen-bond acceptors (Lipinski definition) is 3. The lowest BCUT2D eigenvalue weighted by atomic mass is 10.3. The van der Waals surface area contributed by atoms with E-state index in [4.69, 9.17) is 10.5 Å². The van der Waals surface area contributed by atoms with Crippen molar-refractivity contribution in [2.75, 3.05) is 26.3 Å². The topological polar surface area (TPSA) is 64.3 Å². The van der Waals surface area contributed by atoms with E-state index >= 15 is 0 Å². The van der Waals surface area contributed by atoms with Gasteiger partial charge in [0.05, 0.1) is 13.1 Å². The zero-order valence-corrected chi connectivity index (χ0v) is 9.60. The molecule has 0 rings (SSSR count). The van der Waals surface area contributed by atoms with E-state index in [2.05, 4.69) is 12.2 Å². The predicted molar refractivity (Wildman–Crippen MR) is 57.4 cm³/mol. The third-order valence-corrected chi connectivity index (χ3v) is 1.97. The summed E-state index contributed by atoms with van der Waals surface area (Å²) in [5.74, 6) is -3.58. The first kappa shape index (κ1) is 15.2. The normalized spacial score (nSPS) is 11.5. The second-order valence-electron chi connectivity index (χ2n) is 3.60.